The molecule has 1 heteroatoms. The third kappa shape index (κ3) is 2.34. The summed E-state index contributed by atoms with van der Waals surface area (Å²) in [6.45, 7) is 13.8. The van der Waals surface area contributed by atoms with Crippen molar-refractivity contribution < 1.29 is 0 Å². The van der Waals surface area contributed by atoms with Crippen LogP contribution in [0.25, 0.3) is 0 Å². The molecule has 1 atom stereocenters. The molecule has 0 saturated carbocycles. The molecule has 1 rings (SSSR count). The van der Waals surface area contributed by atoms with Crippen LogP contribution >= 0.6 is 0 Å². The van der Waals surface area contributed by atoms with Gasteiger partial charge in [-0.15, -0.1) is 0 Å². The predicted octanol–water partition coefficient (Wildman–Crippen LogP) is 4.22. The van der Waals surface area contributed by atoms with Crippen LogP contribution in [0.1, 0.15) is 48.0 Å². The Morgan fingerprint density at radius 1 is 1.19 bits per heavy atom. The molecule has 1 aliphatic heterocycles. The predicted molar refractivity (Wildman–Crippen MR) is 72.3 cm³/mol. The van der Waals surface area contributed by atoms with Crippen molar-refractivity contribution >= 4 is 0 Å². The van der Waals surface area contributed by atoms with Gasteiger partial charge in [0.1, 0.15) is 0 Å². The maximum atomic E-state index is 2.34. The van der Waals surface area contributed by atoms with E-state index in [0.29, 0.717) is 6.04 Å². The maximum absolute atomic E-state index is 2.34. The number of likely N-dealkylation sites (N-methyl/N-ethyl adjacent to an activating group) is 1. The molecule has 1 heterocycles. The van der Waals surface area contributed by atoms with Crippen molar-refractivity contribution in [2.75, 3.05) is 7.05 Å². The van der Waals surface area contributed by atoms with Crippen LogP contribution in [0, 0.1) is 10.8 Å². The van der Waals surface area contributed by atoms with Crippen molar-refractivity contribution in [1.82, 2.24) is 4.90 Å². The number of hydrogen-bond donors (Lipinski definition) is 0. The fraction of sp³-hybridized carbons (Fsp3) is 0.733. The molecule has 0 aromatic carbocycles. The zero-order chi connectivity index (χ0) is 12.6. The van der Waals surface area contributed by atoms with E-state index in [0.717, 1.165) is 0 Å². The van der Waals surface area contributed by atoms with Gasteiger partial charge in [-0.1, -0.05) is 53.7 Å². The molecule has 0 bridgehead atoms. The highest BCUT2D eigenvalue weighted by atomic mass is 15.1. The van der Waals surface area contributed by atoms with E-state index in [9.17, 15) is 0 Å². The van der Waals surface area contributed by atoms with Crippen molar-refractivity contribution in [3.8, 4) is 0 Å². The van der Waals surface area contributed by atoms with Crippen LogP contribution in [0.2, 0.25) is 0 Å². The normalized spacial score (nSPS) is 22.3. The summed E-state index contributed by atoms with van der Waals surface area (Å²) in [5.41, 5.74) is 1.92. The standard InChI is InChI=1S/C15H27N/c1-8-13-10-9-12(11-16(13)7)15(5,6)14(2,3)4/h9-11,13H,8H2,1-7H3. The first kappa shape index (κ1) is 13.3. The van der Waals surface area contributed by atoms with Gasteiger partial charge in [0.25, 0.3) is 0 Å². The van der Waals surface area contributed by atoms with Crippen molar-refractivity contribution in [1.29, 1.82) is 0 Å². The topological polar surface area (TPSA) is 3.24 Å². The summed E-state index contributed by atoms with van der Waals surface area (Å²) in [7, 11) is 2.18. The van der Waals surface area contributed by atoms with Gasteiger partial charge in [0, 0.05) is 19.3 Å². The molecule has 1 unspecified atom stereocenters. The Bertz CT molecular complexity index is 302. The van der Waals surface area contributed by atoms with Gasteiger partial charge in [0.2, 0.25) is 0 Å². The lowest BCUT2D eigenvalue weighted by molar-refractivity contribution is 0.176. The first-order valence-electron chi connectivity index (χ1n) is 6.32. The second kappa shape index (κ2) is 4.27. The zero-order valence-electron chi connectivity index (χ0n) is 12.0. The van der Waals surface area contributed by atoms with Gasteiger partial charge in [-0.2, -0.15) is 0 Å². The molecule has 0 amide bonds. The summed E-state index contributed by atoms with van der Waals surface area (Å²) in [4.78, 5) is 2.34. The van der Waals surface area contributed by atoms with Gasteiger partial charge in [-0.05, 0) is 22.8 Å². The smallest absolute Gasteiger partial charge is 0.0464 e. The Hall–Kier alpha value is -0.720. The van der Waals surface area contributed by atoms with E-state index in [1.165, 1.54) is 12.0 Å². The average molecular weight is 221 g/mol. The SMILES string of the molecule is CCC1C=CC(C(C)(C)C(C)(C)C)=CN1C. The molecule has 1 aliphatic rings. The van der Waals surface area contributed by atoms with E-state index >= 15 is 0 Å². The summed E-state index contributed by atoms with van der Waals surface area (Å²) in [6, 6.07) is 0.569. The summed E-state index contributed by atoms with van der Waals surface area (Å²) >= 11 is 0. The van der Waals surface area contributed by atoms with Crippen molar-refractivity contribution in [2.24, 2.45) is 10.8 Å². The number of rotatable bonds is 2. The van der Waals surface area contributed by atoms with Crippen molar-refractivity contribution in [2.45, 2.75) is 54.0 Å². The van der Waals surface area contributed by atoms with Gasteiger partial charge < -0.3 is 4.90 Å². The van der Waals surface area contributed by atoms with E-state index in [2.05, 4.69) is 71.8 Å². The van der Waals surface area contributed by atoms with Gasteiger partial charge >= 0.3 is 0 Å². The fourth-order valence-corrected chi connectivity index (χ4v) is 1.94. The van der Waals surface area contributed by atoms with Crippen LogP contribution in [-0.4, -0.2) is 18.0 Å². The molecule has 0 saturated heterocycles. The Labute approximate surface area is 101 Å². The monoisotopic (exact) mass is 221 g/mol. The lowest BCUT2D eigenvalue weighted by Crippen LogP contribution is -2.35. The van der Waals surface area contributed by atoms with Crippen molar-refractivity contribution in [3.63, 3.8) is 0 Å². The van der Waals surface area contributed by atoms with Crippen LogP contribution in [0.5, 0.6) is 0 Å². The maximum Gasteiger partial charge on any atom is 0.0464 e. The second-order valence-electron chi connectivity index (χ2n) is 6.46. The molecule has 0 fully saturated rings. The molecule has 1 nitrogen and oxygen atoms in total. The quantitative estimate of drug-likeness (QED) is 0.674. The first-order valence-corrected chi connectivity index (χ1v) is 6.32. The third-order valence-electron chi connectivity index (χ3n) is 4.38. The molecular weight excluding hydrogens is 194 g/mol. The van der Waals surface area contributed by atoms with Crippen molar-refractivity contribution in [3.05, 3.63) is 23.9 Å². The lowest BCUT2D eigenvalue weighted by Gasteiger charge is -2.42. The van der Waals surface area contributed by atoms with Gasteiger partial charge in [-0.3, -0.25) is 0 Å². The molecular formula is C15H27N. The minimum Gasteiger partial charge on any atom is -0.374 e. The highest BCUT2D eigenvalue weighted by Gasteiger charge is 2.36. The Balaban J connectivity index is 2.97. The zero-order valence-corrected chi connectivity index (χ0v) is 12.0. The number of nitrogens with zero attached hydrogens (tertiary/aromatic N) is 1. The van der Waals surface area contributed by atoms with Crippen LogP contribution in [0.4, 0.5) is 0 Å². The van der Waals surface area contributed by atoms with E-state index in [4.69, 9.17) is 0 Å². The Morgan fingerprint density at radius 2 is 1.75 bits per heavy atom. The van der Waals surface area contributed by atoms with Gasteiger partial charge in [0.15, 0.2) is 0 Å². The fourth-order valence-electron chi connectivity index (χ4n) is 1.94. The Morgan fingerprint density at radius 3 is 2.12 bits per heavy atom. The molecule has 0 aromatic heterocycles. The van der Waals surface area contributed by atoms with E-state index in [-0.39, 0.29) is 10.8 Å². The molecule has 16 heavy (non-hydrogen) atoms. The van der Waals surface area contributed by atoms with Crippen LogP contribution < -0.4 is 0 Å². The Kier molecular flexibility index (Phi) is 3.56. The highest BCUT2D eigenvalue weighted by Crippen LogP contribution is 2.45. The molecule has 92 valence electrons. The molecule has 0 N–H and O–H groups in total. The highest BCUT2D eigenvalue weighted by molar-refractivity contribution is 5.31. The first-order chi connectivity index (χ1) is 7.20. The average Bonchev–Trinajstić information content (AvgIpc) is 2.15. The molecule has 0 aromatic rings. The van der Waals surface area contributed by atoms with Crippen LogP contribution in [0.3, 0.4) is 0 Å². The summed E-state index contributed by atoms with van der Waals surface area (Å²) in [6.07, 6.45) is 8.15. The summed E-state index contributed by atoms with van der Waals surface area (Å²) in [5, 5.41) is 0. The largest absolute Gasteiger partial charge is 0.374 e. The van der Waals surface area contributed by atoms with Crippen LogP contribution in [-0.2, 0) is 0 Å². The van der Waals surface area contributed by atoms with Gasteiger partial charge in [0.05, 0.1) is 0 Å². The minimum absolute atomic E-state index is 0.205. The van der Waals surface area contributed by atoms with E-state index in [1.807, 2.05) is 0 Å². The summed E-state index contributed by atoms with van der Waals surface area (Å²) < 4.78 is 0. The minimum atomic E-state index is 0.205. The molecule has 0 radical (unpaired) electrons. The summed E-state index contributed by atoms with van der Waals surface area (Å²) in [5.74, 6) is 0. The van der Waals surface area contributed by atoms with E-state index < -0.39 is 0 Å². The number of allylic oxidation sites excluding steroid dienone is 2. The number of hydrogen-bond acceptors (Lipinski definition) is 1. The second-order valence-corrected chi connectivity index (χ2v) is 6.46. The molecule has 0 spiro atoms. The third-order valence-corrected chi connectivity index (χ3v) is 4.38. The van der Waals surface area contributed by atoms with Crippen LogP contribution in [0.15, 0.2) is 23.9 Å². The lowest BCUT2D eigenvalue weighted by atomic mass is 9.64. The van der Waals surface area contributed by atoms with Gasteiger partial charge in [-0.25, -0.2) is 0 Å². The molecule has 0 aliphatic carbocycles. The van der Waals surface area contributed by atoms with E-state index in [1.54, 1.807) is 0 Å².